The highest BCUT2D eigenvalue weighted by Gasteiger charge is 2.27. The molecule has 1 aliphatic rings. The number of aryl methyl sites for hydroxylation is 1. The second kappa shape index (κ2) is 7.25. The molecule has 1 amide bonds. The Kier molecular flexibility index (Phi) is 5.37. The number of carbonyl (C=O) groups is 2. The van der Waals surface area contributed by atoms with Crippen LogP contribution in [0.3, 0.4) is 0 Å². The molecule has 21 heavy (non-hydrogen) atoms. The van der Waals surface area contributed by atoms with Crippen LogP contribution in [0.15, 0.2) is 24.3 Å². The van der Waals surface area contributed by atoms with Crippen molar-refractivity contribution in [2.24, 2.45) is 5.92 Å². The monoisotopic (exact) mass is 289 g/mol. The van der Waals surface area contributed by atoms with Crippen LogP contribution < -0.4 is 5.32 Å². The van der Waals surface area contributed by atoms with Gasteiger partial charge in [-0.05, 0) is 36.8 Å². The van der Waals surface area contributed by atoms with Crippen LogP contribution in [-0.4, -0.2) is 23.0 Å². The Labute approximate surface area is 125 Å². The van der Waals surface area contributed by atoms with Crippen molar-refractivity contribution in [2.45, 2.75) is 51.5 Å². The van der Waals surface area contributed by atoms with Crippen LogP contribution >= 0.6 is 0 Å². The molecule has 0 aromatic heterocycles. The van der Waals surface area contributed by atoms with E-state index in [0.29, 0.717) is 12.8 Å². The van der Waals surface area contributed by atoms with Crippen LogP contribution in [-0.2, 0) is 22.4 Å². The number of hydrogen-bond acceptors (Lipinski definition) is 2. The Balaban J connectivity index is 1.96. The van der Waals surface area contributed by atoms with Gasteiger partial charge < -0.3 is 10.4 Å². The van der Waals surface area contributed by atoms with Crippen LogP contribution in [0.25, 0.3) is 0 Å². The first-order chi connectivity index (χ1) is 10.1. The van der Waals surface area contributed by atoms with Crippen LogP contribution in [0.2, 0.25) is 0 Å². The van der Waals surface area contributed by atoms with Crippen LogP contribution in [0.5, 0.6) is 0 Å². The molecule has 0 saturated heterocycles. The zero-order valence-electron chi connectivity index (χ0n) is 12.5. The van der Waals surface area contributed by atoms with E-state index < -0.39 is 12.0 Å². The Bertz CT molecular complexity index is 513. The van der Waals surface area contributed by atoms with E-state index in [1.807, 2.05) is 19.1 Å². The Morgan fingerprint density at radius 3 is 2.71 bits per heavy atom. The lowest BCUT2D eigenvalue weighted by Gasteiger charge is -2.25. The molecule has 0 aliphatic heterocycles. The zero-order chi connectivity index (χ0) is 15.2. The first kappa shape index (κ1) is 15.5. The molecular weight excluding hydrogens is 266 g/mol. The fourth-order valence-electron chi connectivity index (χ4n) is 2.88. The lowest BCUT2D eigenvalue weighted by molar-refractivity contribution is -0.142. The lowest BCUT2D eigenvalue weighted by atomic mass is 9.83. The maximum absolute atomic E-state index is 12.3. The van der Waals surface area contributed by atoms with Gasteiger partial charge in [-0.15, -0.1) is 0 Å². The number of hydrogen-bond donors (Lipinski definition) is 2. The van der Waals surface area contributed by atoms with E-state index in [-0.39, 0.29) is 11.8 Å². The Hall–Kier alpha value is -1.84. The molecule has 1 aromatic rings. The number of unbranched alkanes of at least 4 members (excludes halogenated alkanes) is 1. The molecule has 0 heterocycles. The van der Waals surface area contributed by atoms with Crippen molar-refractivity contribution in [3.63, 3.8) is 0 Å². The molecule has 0 spiro atoms. The van der Waals surface area contributed by atoms with Crippen molar-refractivity contribution in [3.8, 4) is 0 Å². The summed E-state index contributed by atoms with van der Waals surface area (Å²) in [6.07, 6.45) is 4.63. The summed E-state index contributed by atoms with van der Waals surface area (Å²) in [5.74, 6) is -1.16. The molecule has 4 heteroatoms. The second-order valence-corrected chi connectivity index (χ2v) is 5.75. The predicted molar refractivity (Wildman–Crippen MR) is 81.0 cm³/mol. The normalized spacial score (nSPS) is 18.6. The molecule has 0 radical (unpaired) electrons. The molecule has 4 nitrogen and oxygen atoms in total. The van der Waals surface area contributed by atoms with Crippen molar-refractivity contribution in [3.05, 3.63) is 35.4 Å². The third kappa shape index (κ3) is 4.06. The van der Waals surface area contributed by atoms with E-state index in [9.17, 15) is 14.7 Å². The average Bonchev–Trinajstić information content (AvgIpc) is 2.50. The van der Waals surface area contributed by atoms with Gasteiger partial charge in [-0.3, -0.25) is 4.79 Å². The number of carboxylic acids is 1. The third-order valence-electron chi connectivity index (χ3n) is 4.18. The first-order valence-corrected chi connectivity index (χ1v) is 7.71. The van der Waals surface area contributed by atoms with Crippen molar-refractivity contribution < 1.29 is 14.7 Å². The summed E-state index contributed by atoms with van der Waals surface area (Å²) in [4.78, 5) is 23.5. The topological polar surface area (TPSA) is 66.4 Å². The van der Waals surface area contributed by atoms with Gasteiger partial charge in [0.1, 0.15) is 6.04 Å². The Morgan fingerprint density at radius 2 is 2.05 bits per heavy atom. The minimum atomic E-state index is -0.937. The van der Waals surface area contributed by atoms with E-state index in [0.717, 1.165) is 25.7 Å². The number of carboxylic acid groups (broad SMARTS) is 1. The maximum Gasteiger partial charge on any atom is 0.326 e. The zero-order valence-corrected chi connectivity index (χ0v) is 12.5. The van der Waals surface area contributed by atoms with Gasteiger partial charge in [0.2, 0.25) is 5.91 Å². The van der Waals surface area contributed by atoms with Crippen molar-refractivity contribution in [1.29, 1.82) is 0 Å². The van der Waals surface area contributed by atoms with E-state index in [2.05, 4.69) is 17.4 Å². The molecule has 1 aliphatic carbocycles. The fraction of sp³-hybridized carbons (Fsp3) is 0.529. The van der Waals surface area contributed by atoms with Gasteiger partial charge in [-0.2, -0.15) is 0 Å². The van der Waals surface area contributed by atoms with Crippen LogP contribution in [0.4, 0.5) is 0 Å². The van der Waals surface area contributed by atoms with E-state index in [4.69, 9.17) is 0 Å². The number of rotatable bonds is 6. The molecule has 0 fully saturated rings. The summed E-state index contributed by atoms with van der Waals surface area (Å²) >= 11 is 0. The fourth-order valence-corrected chi connectivity index (χ4v) is 2.88. The number of nitrogens with one attached hydrogen (secondary N) is 1. The summed E-state index contributed by atoms with van der Waals surface area (Å²) in [5.41, 5.74) is 2.52. The molecule has 114 valence electrons. The highest BCUT2D eigenvalue weighted by atomic mass is 16.4. The van der Waals surface area contributed by atoms with Gasteiger partial charge >= 0.3 is 5.97 Å². The molecule has 0 saturated carbocycles. The van der Waals surface area contributed by atoms with Crippen molar-refractivity contribution >= 4 is 11.9 Å². The summed E-state index contributed by atoms with van der Waals surface area (Å²) in [6.45, 7) is 2.01. The number of benzene rings is 1. The van der Waals surface area contributed by atoms with Gasteiger partial charge in [0.15, 0.2) is 0 Å². The molecule has 0 bridgehead atoms. The molecule has 2 atom stereocenters. The molecule has 1 aromatic carbocycles. The van der Waals surface area contributed by atoms with E-state index in [1.165, 1.54) is 11.1 Å². The van der Waals surface area contributed by atoms with E-state index >= 15 is 0 Å². The minimum Gasteiger partial charge on any atom is -0.480 e. The molecule has 2 N–H and O–H groups in total. The minimum absolute atomic E-state index is 0.108. The van der Waals surface area contributed by atoms with Gasteiger partial charge in [-0.1, -0.05) is 44.0 Å². The number of aliphatic carboxylic acids is 1. The summed E-state index contributed by atoms with van der Waals surface area (Å²) in [6, 6.07) is 7.41. The van der Waals surface area contributed by atoms with Gasteiger partial charge in [0.05, 0.1) is 0 Å². The number of amides is 1. The number of fused-ring (bicyclic) bond motifs is 1. The summed E-state index contributed by atoms with van der Waals surface area (Å²) in [7, 11) is 0. The highest BCUT2D eigenvalue weighted by molar-refractivity contribution is 5.85. The second-order valence-electron chi connectivity index (χ2n) is 5.75. The summed E-state index contributed by atoms with van der Waals surface area (Å²) in [5, 5.41) is 11.9. The average molecular weight is 289 g/mol. The SMILES string of the molecule is CCCCC(NC(=O)C1CCc2ccccc2C1)C(=O)O. The largest absolute Gasteiger partial charge is 0.480 e. The maximum atomic E-state index is 12.3. The first-order valence-electron chi connectivity index (χ1n) is 7.71. The van der Waals surface area contributed by atoms with Crippen molar-refractivity contribution in [2.75, 3.05) is 0 Å². The van der Waals surface area contributed by atoms with Crippen LogP contribution in [0, 0.1) is 5.92 Å². The summed E-state index contributed by atoms with van der Waals surface area (Å²) < 4.78 is 0. The lowest BCUT2D eigenvalue weighted by Crippen LogP contribution is -2.44. The molecule has 2 rings (SSSR count). The smallest absolute Gasteiger partial charge is 0.326 e. The quantitative estimate of drug-likeness (QED) is 0.845. The van der Waals surface area contributed by atoms with Gasteiger partial charge in [-0.25, -0.2) is 4.79 Å². The van der Waals surface area contributed by atoms with Crippen molar-refractivity contribution in [1.82, 2.24) is 5.32 Å². The van der Waals surface area contributed by atoms with E-state index in [1.54, 1.807) is 0 Å². The van der Waals surface area contributed by atoms with Crippen LogP contribution in [0.1, 0.15) is 43.7 Å². The standard InChI is InChI=1S/C17H23NO3/c1-2-3-8-15(17(20)21)18-16(19)14-10-9-12-6-4-5-7-13(12)11-14/h4-7,14-15H,2-3,8-11H2,1H3,(H,18,19)(H,20,21). The van der Waals surface area contributed by atoms with Gasteiger partial charge in [0, 0.05) is 5.92 Å². The molecule has 2 unspecified atom stereocenters. The number of carbonyl (C=O) groups excluding carboxylic acids is 1. The Morgan fingerprint density at radius 1 is 1.33 bits per heavy atom. The third-order valence-corrected chi connectivity index (χ3v) is 4.18. The van der Waals surface area contributed by atoms with Gasteiger partial charge in [0.25, 0.3) is 0 Å². The highest BCUT2D eigenvalue weighted by Crippen LogP contribution is 2.25. The predicted octanol–water partition coefficient (Wildman–Crippen LogP) is 2.55. The molecular formula is C17H23NO3.